The molecule has 0 bridgehead atoms. The molecule has 20 heavy (non-hydrogen) atoms. The molecule has 2 aromatic heterocycles. The fourth-order valence-corrected chi connectivity index (χ4v) is 2.64. The minimum absolute atomic E-state index is 0.0142. The number of aromatic nitrogens is 1. The summed E-state index contributed by atoms with van der Waals surface area (Å²) in [4.78, 5) is 16.6. The summed E-state index contributed by atoms with van der Waals surface area (Å²) in [5.74, 6) is 1.68. The summed E-state index contributed by atoms with van der Waals surface area (Å²) in [6.07, 6.45) is 6.23. The first-order valence-electron chi connectivity index (χ1n) is 6.66. The van der Waals surface area contributed by atoms with Crippen molar-refractivity contribution in [2.45, 2.75) is 25.3 Å². The van der Waals surface area contributed by atoms with Gasteiger partial charge in [-0.15, -0.1) is 0 Å². The highest BCUT2D eigenvalue weighted by molar-refractivity contribution is 5.45. The van der Waals surface area contributed by atoms with Gasteiger partial charge < -0.3 is 9.32 Å². The van der Waals surface area contributed by atoms with E-state index in [0.717, 1.165) is 37.4 Å². The van der Waals surface area contributed by atoms with Crippen molar-refractivity contribution in [1.29, 1.82) is 0 Å². The molecule has 2 aromatic rings. The van der Waals surface area contributed by atoms with Crippen molar-refractivity contribution in [2.75, 3.05) is 11.4 Å². The van der Waals surface area contributed by atoms with Crippen molar-refractivity contribution in [2.24, 2.45) is 0 Å². The Balaban J connectivity index is 1.88. The fourth-order valence-electron chi connectivity index (χ4n) is 2.64. The first-order valence-corrected chi connectivity index (χ1v) is 6.66. The lowest BCUT2D eigenvalue weighted by Crippen LogP contribution is -2.33. The topological polar surface area (TPSA) is 72.4 Å². The molecule has 1 aliphatic heterocycles. The normalized spacial score (nSPS) is 19.0. The summed E-state index contributed by atoms with van der Waals surface area (Å²) >= 11 is 0. The number of pyridine rings is 1. The molecule has 0 N–H and O–H groups in total. The predicted molar refractivity (Wildman–Crippen MR) is 73.5 cm³/mol. The molecule has 1 saturated heterocycles. The van der Waals surface area contributed by atoms with Gasteiger partial charge in [0.25, 0.3) is 5.69 Å². The first kappa shape index (κ1) is 12.7. The van der Waals surface area contributed by atoms with Crippen LogP contribution in [0.3, 0.4) is 0 Å². The number of furan rings is 1. The maximum absolute atomic E-state index is 10.7. The van der Waals surface area contributed by atoms with Crippen LogP contribution in [0.25, 0.3) is 0 Å². The third kappa shape index (κ3) is 2.36. The molecular weight excluding hydrogens is 258 g/mol. The lowest BCUT2D eigenvalue weighted by molar-refractivity contribution is -0.385. The van der Waals surface area contributed by atoms with Gasteiger partial charge in [0, 0.05) is 12.6 Å². The van der Waals surface area contributed by atoms with E-state index in [1.807, 2.05) is 12.1 Å². The fraction of sp³-hybridized carbons (Fsp3) is 0.357. The summed E-state index contributed by atoms with van der Waals surface area (Å²) in [6.45, 7) is 0.885. The summed E-state index contributed by atoms with van der Waals surface area (Å²) < 4.78 is 5.51. The van der Waals surface area contributed by atoms with Crippen LogP contribution in [0.4, 0.5) is 11.5 Å². The van der Waals surface area contributed by atoms with E-state index >= 15 is 0 Å². The number of piperidine rings is 1. The van der Waals surface area contributed by atoms with E-state index in [-0.39, 0.29) is 11.7 Å². The quantitative estimate of drug-likeness (QED) is 0.633. The summed E-state index contributed by atoms with van der Waals surface area (Å²) in [6, 6.07) is 7.21. The molecule has 1 atom stereocenters. The number of rotatable bonds is 3. The van der Waals surface area contributed by atoms with Crippen LogP contribution in [0.2, 0.25) is 0 Å². The van der Waals surface area contributed by atoms with E-state index in [9.17, 15) is 10.1 Å². The number of nitro groups is 1. The molecular formula is C14H15N3O3. The molecule has 0 spiro atoms. The van der Waals surface area contributed by atoms with Gasteiger partial charge in [0.05, 0.1) is 17.2 Å². The zero-order valence-corrected chi connectivity index (χ0v) is 10.9. The van der Waals surface area contributed by atoms with Gasteiger partial charge in [-0.25, -0.2) is 4.98 Å². The maximum atomic E-state index is 10.7. The average Bonchev–Trinajstić information content (AvgIpc) is 3.01. The van der Waals surface area contributed by atoms with Crippen LogP contribution < -0.4 is 4.90 Å². The Labute approximate surface area is 116 Å². The van der Waals surface area contributed by atoms with E-state index in [0.29, 0.717) is 0 Å². The second-order valence-electron chi connectivity index (χ2n) is 4.85. The number of hydrogen-bond donors (Lipinski definition) is 0. The summed E-state index contributed by atoms with van der Waals surface area (Å²) in [7, 11) is 0. The monoisotopic (exact) mass is 273 g/mol. The van der Waals surface area contributed by atoms with Gasteiger partial charge in [0.2, 0.25) is 0 Å². The van der Waals surface area contributed by atoms with Crippen LogP contribution in [0.15, 0.2) is 41.1 Å². The van der Waals surface area contributed by atoms with Crippen molar-refractivity contribution < 1.29 is 9.34 Å². The van der Waals surface area contributed by atoms with Crippen molar-refractivity contribution >= 4 is 11.5 Å². The number of anilines is 1. The van der Waals surface area contributed by atoms with Crippen molar-refractivity contribution in [1.82, 2.24) is 4.98 Å². The Morgan fingerprint density at radius 2 is 2.25 bits per heavy atom. The highest BCUT2D eigenvalue weighted by Gasteiger charge is 2.27. The minimum Gasteiger partial charge on any atom is -0.467 e. The zero-order chi connectivity index (χ0) is 13.9. The molecule has 1 aliphatic rings. The highest BCUT2D eigenvalue weighted by Crippen LogP contribution is 2.34. The van der Waals surface area contributed by atoms with Gasteiger partial charge in [0.15, 0.2) is 0 Å². The molecule has 1 fully saturated rings. The molecule has 0 amide bonds. The SMILES string of the molecule is O=[N+]([O-])c1ccc(N2CCCC[C@H]2c2ccco2)nc1. The predicted octanol–water partition coefficient (Wildman–Crippen LogP) is 3.31. The first-order chi connectivity index (χ1) is 9.75. The van der Waals surface area contributed by atoms with E-state index in [1.54, 1.807) is 12.3 Å². The number of nitrogens with zero attached hydrogens (tertiary/aromatic N) is 3. The van der Waals surface area contributed by atoms with Gasteiger partial charge in [-0.2, -0.15) is 0 Å². The molecule has 6 heteroatoms. The molecule has 0 unspecified atom stereocenters. The minimum atomic E-state index is -0.434. The largest absolute Gasteiger partial charge is 0.467 e. The molecule has 0 aromatic carbocycles. The standard InChI is InChI=1S/C14H15N3O3/c18-17(19)11-6-7-14(15-10-11)16-8-2-1-4-12(16)13-5-3-9-20-13/h3,5-7,9-10,12H,1-2,4,8H2/t12-/m0/s1. The van der Waals surface area contributed by atoms with Crippen LogP contribution in [0.1, 0.15) is 31.1 Å². The lowest BCUT2D eigenvalue weighted by Gasteiger charge is -2.35. The van der Waals surface area contributed by atoms with Gasteiger partial charge in [-0.3, -0.25) is 10.1 Å². The van der Waals surface area contributed by atoms with E-state index < -0.39 is 4.92 Å². The molecule has 3 heterocycles. The Kier molecular flexibility index (Phi) is 3.37. The Morgan fingerprint density at radius 1 is 1.35 bits per heavy atom. The Hall–Kier alpha value is -2.37. The van der Waals surface area contributed by atoms with Crippen LogP contribution in [-0.4, -0.2) is 16.5 Å². The molecule has 3 rings (SSSR count). The van der Waals surface area contributed by atoms with Gasteiger partial charge in [0.1, 0.15) is 17.8 Å². The van der Waals surface area contributed by atoms with Crippen LogP contribution >= 0.6 is 0 Å². The Morgan fingerprint density at radius 3 is 2.90 bits per heavy atom. The van der Waals surface area contributed by atoms with E-state index in [4.69, 9.17) is 4.42 Å². The third-order valence-electron chi connectivity index (χ3n) is 3.61. The van der Waals surface area contributed by atoms with Crippen LogP contribution in [0.5, 0.6) is 0 Å². The molecule has 104 valence electrons. The second-order valence-corrected chi connectivity index (χ2v) is 4.85. The smallest absolute Gasteiger partial charge is 0.287 e. The van der Waals surface area contributed by atoms with Gasteiger partial charge in [-0.1, -0.05) is 0 Å². The van der Waals surface area contributed by atoms with Crippen molar-refractivity contribution in [3.8, 4) is 0 Å². The lowest BCUT2D eigenvalue weighted by atomic mass is 10.00. The molecule has 0 radical (unpaired) electrons. The molecule has 0 aliphatic carbocycles. The second kappa shape index (κ2) is 5.32. The summed E-state index contributed by atoms with van der Waals surface area (Å²) in [5.41, 5.74) is 0.0142. The van der Waals surface area contributed by atoms with Crippen molar-refractivity contribution in [3.63, 3.8) is 0 Å². The van der Waals surface area contributed by atoms with Gasteiger partial charge in [-0.05, 0) is 37.5 Å². The van der Waals surface area contributed by atoms with E-state index in [1.165, 1.54) is 12.3 Å². The molecule has 6 nitrogen and oxygen atoms in total. The highest BCUT2D eigenvalue weighted by atomic mass is 16.6. The molecule has 0 saturated carbocycles. The van der Waals surface area contributed by atoms with E-state index in [2.05, 4.69) is 9.88 Å². The van der Waals surface area contributed by atoms with Crippen molar-refractivity contribution in [3.05, 3.63) is 52.6 Å². The average molecular weight is 273 g/mol. The van der Waals surface area contributed by atoms with Crippen LogP contribution in [-0.2, 0) is 0 Å². The maximum Gasteiger partial charge on any atom is 0.287 e. The third-order valence-corrected chi connectivity index (χ3v) is 3.61. The zero-order valence-electron chi connectivity index (χ0n) is 10.9. The number of hydrogen-bond acceptors (Lipinski definition) is 5. The van der Waals surface area contributed by atoms with Crippen LogP contribution in [0, 0.1) is 10.1 Å². The summed E-state index contributed by atoms with van der Waals surface area (Å²) in [5, 5.41) is 10.7. The Bertz CT molecular complexity index is 580. The van der Waals surface area contributed by atoms with Gasteiger partial charge >= 0.3 is 0 Å².